The van der Waals surface area contributed by atoms with Gasteiger partial charge in [-0.3, -0.25) is 14.5 Å². The molecule has 25 heavy (non-hydrogen) atoms. The molecule has 5 nitrogen and oxygen atoms in total. The van der Waals surface area contributed by atoms with Gasteiger partial charge in [0.25, 0.3) is 11.8 Å². The Kier molecular flexibility index (Phi) is 3.89. The van der Waals surface area contributed by atoms with Crippen molar-refractivity contribution in [2.45, 2.75) is 13.8 Å². The number of carbonyl (C=O) groups excluding carboxylic acids is 2. The number of aryl methyl sites for hydroxylation is 1. The number of nitrogens with zero attached hydrogens (tertiary/aromatic N) is 3. The Balaban J connectivity index is 1.85. The molecule has 0 saturated carbocycles. The van der Waals surface area contributed by atoms with Crippen LogP contribution >= 0.6 is 11.3 Å². The first-order valence-corrected chi connectivity index (χ1v) is 9.53. The van der Waals surface area contributed by atoms with E-state index in [2.05, 4.69) is 18.7 Å². The van der Waals surface area contributed by atoms with Gasteiger partial charge in [-0.05, 0) is 30.6 Å². The summed E-state index contributed by atoms with van der Waals surface area (Å²) in [6, 6.07) is 4.07. The van der Waals surface area contributed by atoms with Gasteiger partial charge in [-0.15, -0.1) is 11.3 Å². The molecule has 0 spiro atoms. The van der Waals surface area contributed by atoms with Crippen LogP contribution in [-0.4, -0.2) is 52.4 Å². The van der Waals surface area contributed by atoms with Crippen molar-refractivity contribution in [1.29, 1.82) is 0 Å². The van der Waals surface area contributed by atoms with Gasteiger partial charge in [-0.1, -0.05) is 13.8 Å². The van der Waals surface area contributed by atoms with E-state index < -0.39 is 0 Å². The van der Waals surface area contributed by atoms with E-state index in [0.717, 1.165) is 34.1 Å². The smallest absolute Gasteiger partial charge is 0.263 e. The van der Waals surface area contributed by atoms with Crippen molar-refractivity contribution < 1.29 is 9.59 Å². The molecular weight excluding hydrogens is 334 g/mol. The topological polar surface area (TPSA) is 45.5 Å². The number of benzene rings is 1. The molecule has 130 valence electrons. The van der Waals surface area contributed by atoms with Gasteiger partial charge in [-0.2, -0.15) is 0 Å². The summed E-state index contributed by atoms with van der Waals surface area (Å²) in [4.78, 5) is 29.8. The molecule has 2 amide bonds. The summed E-state index contributed by atoms with van der Waals surface area (Å²) >= 11 is 1.54. The summed E-state index contributed by atoms with van der Waals surface area (Å²) in [5.74, 6) is -0.308. The molecular formula is C19H21N3O2S. The molecule has 0 bridgehead atoms. The van der Waals surface area contributed by atoms with Crippen LogP contribution in [0.5, 0.6) is 0 Å². The van der Waals surface area contributed by atoms with E-state index in [1.807, 2.05) is 35.3 Å². The first-order chi connectivity index (χ1) is 12.1. The van der Waals surface area contributed by atoms with E-state index in [-0.39, 0.29) is 11.8 Å². The number of fused-ring (bicyclic) bond motifs is 6. The molecule has 1 aromatic carbocycles. The van der Waals surface area contributed by atoms with Gasteiger partial charge in [0.05, 0.1) is 16.6 Å². The van der Waals surface area contributed by atoms with Crippen LogP contribution in [0, 0.1) is 0 Å². The van der Waals surface area contributed by atoms with Gasteiger partial charge in [0, 0.05) is 41.8 Å². The number of hydrogen-bond donors (Lipinski definition) is 0. The van der Waals surface area contributed by atoms with E-state index in [1.165, 1.54) is 16.2 Å². The minimum absolute atomic E-state index is 0.150. The van der Waals surface area contributed by atoms with Crippen LogP contribution in [0.4, 0.5) is 0 Å². The third-order valence-corrected chi connectivity index (χ3v) is 6.13. The lowest BCUT2D eigenvalue weighted by Crippen LogP contribution is -2.38. The molecule has 6 heteroatoms. The molecule has 0 radical (unpaired) electrons. The van der Waals surface area contributed by atoms with Crippen LogP contribution < -0.4 is 0 Å². The largest absolute Gasteiger partial charge is 0.350 e. The fraction of sp³-hybridized carbons (Fsp3) is 0.368. The van der Waals surface area contributed by atoms with Gasteiger partial charge in [0.2, 0.25) is 0 Å². The van der Waals surface area contributed by atoms with Crippen molar-refractivity contribution in [2.75, 3.05) is 26.2 Å². The highest BCUT2D eigenvalue weighted by molar-refractivity contribution is 7.17. The molecule has 1 aliphatic heterocycles. The Morgan fingerprint density at radius 1 is 1.04 bits per heavy atom. The monoisotopic (exact) mass is 355 g/mol. The highest BCUT2D eigenvalue weighted by Crippen LogP contribution is 2.40. The lowest BCUT2D eigenvalue weighted by Gasteiger charge is -2.21. The van der Waals surface area contributed by atoms with E-state index in [1.54, 1.807) is 0 Å². The molecule has 0 atom stereocenters. The molecule has 3 aromatic rings. The number of amides is 2. The third-order valence-electron chi connectivity index (χ3n) is 5.19. The minimum Gasteiger partial charge on any atom is -0.350 e. The zero-order valence-electron chi connectivity index (χ0n) is 14.7. The maximum Gasteiger partial charge on any atom is 0.263 e. The summed E-state index contributed by atoms with van der Waals surface area (Å²) < 4.78 is 2.88. The highest BCUT2D eigenvalue weighted by atomic mass is 32.1. The summed E-state index contributed by atoms with van der Waals surface area (Å²) in [7, 11) is 1.93. The standard InChI is InChI=1S/C19H21N3O2S/c1-4-21(5-2)9-10-22-18(23)14-15(19(22)24)17-13(7-11-25-17)12-6-8-20(3)16(12)14/h6-8,11H,4-5,9-10H2,1-3H3. The van der Waals surface area contributed by atoms with Crippen molar-refractivity contribution in [3.05, 3.63) is 34.8 Å². The molecule has 0 saturated heterocycles. The normalized spacial score (nSPS) is 14.5. The Bertz CT molecular complexity index is 997. The van der Waals surface area contributed by atoms with Crippen LogP contribution in [0.1, 0.15) is 34.6 Å². The maximum absolute atomic E-state index is 13.1. The molecule has 0 N–H and O–H groups in total. The Hall–Kier alpha value is -2.18. The van der Waals surface area contributed by atoms with Crippen LogP contribution in [0.15, 0.2) is 23.7 Å². The average Bonchev–Trinajstić information content (AvgIpc) is 3.28. The van der Waals surface area contributed by atoms with Gasteiger partial charge in [0.15, 0.2) is 0 Å². The van der Waals surface area contributed by atoms with Crippen molar-refractivity contribution in [3.8, 4) is 0 Å². The summed E-state index contributed by atoms with van der Waals surface area (Å²) in [6.45, 7) is 7.16. The Morgan fingerprint density at radius 3 is 2.48 bits per heavy atom. The summed E-state index contributed by atoms with van der Waals surface area (Å²) in [5.41, 5.74) is 2.02. The maximum atomic E-state index is 13.1. The highest BCUT2D eigenvalue weighted by Gasteiger charge is 2.40. The molecule has 3 heterocycles. The quantitative estimate of drug-likeness (QED) is 0.660. The van der Waals surface area contributed by atoms with Crippen molar-refractivity contribution in [2.24, 2.45) is 7.05 Å². The zero-order chi connectivity index (χ0) is 17.7. The van der Waals surface area contributed by atoms with E-state index in [0.29, 0.717) is 24.2 Å². The molecule has 2 aromatic heterocycles. The van der Waals surface area contributed by atoms with Crippen LogP contribution in [0.2, 0.25) is 0 Å². The van der Waals surface area contributed by atoms with Crippen LogP contribution in [-0.2, 0) is 7.05 Å². The fourth-order valence-corrected chi connectivity index (χ4v) is 4.72. The lowest BCUT2D eigenvalue weighted by molar-refractivity contribution is 0.0639. The second-order valence-electron chi connectivity index (χ2n) is 6.39. The number of imide groups is 1. The fourth-order valence-electron chi connectivity index (χ4n) is 3.76. The van der Waals surface area contributed by atoms with Crippen LogP contribution in [0.3, 0.4) is 0 Å². The first-order valence-electron chi connectivity index (χ1n) is 8.65. The molecule has 0 aliphatic carbocycles. The van der Waals surface area contributed by atoms with Crippen LogP contribution in [0.25, 0.3) is 21.0 Å². The number of rotatable bonds is 5. The van der Waals surface area contributed by atoms with Gasteiger partial charge in [-0.25, -0.2) is 0 Å². The number of thiophene rings is 1. The predicted octanol–water partition coefficient (Wildman–Crippen LogP) is 3.33. The van der Waals surface area contributed by atoms with Crippen molar-refractivity contribution in [1.82, 2.24) is 14.4 Å². The molecule has 0 unspecified atom stereocenters. The first kappa shape index (κ1) is 16.3. The third kappa shape index (κ3) is 2.24. The number of carbonyl (C=O) groups is 2. The Labute approximate surface area is 150 Å². The molecule has 4 rings (SSSR count). The minimum atomic E-state index is -0.158. The van der Waals surface area contributed by atoms with Crippen molar-refractivity contribution in [3.63, 3.8) is 0 Å². The van der Waals surface area contributed by atoms with E-state index in [4.69, 9.17) is 0 Å². The zero-order valence-corrected chi connectivity index (χ0v) is 15.5. The van der Waals surface area contributed by atoms with E-state index in [9.17, 15) is 9.59 Å². The van der Waals surface area contributed by atoms with Crippen molar-refractivity contribution >= 4 is 44.1 Å². The SMILES string of the molecule is CCN(CC)CCN1C(=O)c2c(c3c(ccn3C)c3ccsc23)C1=O. The molecule has 0 fully saturated rings. The number of aromatic nitrogens is 1. The Morgan fingerprint density at radius 2 is 1.76 bits per heavy atom. The van der Waals surface area contributed by atoms with E-state index >= 15 is 0 Å². The summed E-state index contributed by atoms with van der Waals surface area (Å²) in [5, 5.41) is 4.10. The number of likely N-dealkylation sites (N-methyl/N-ethyl adjacent to an activating group) is 1. The molecule has 1 aliphatic rings. The second kappa shape index (κ2) is 5.97. The summed E-state index contributed by atoms with van der Waals surface area (Å²) in [6.07, 6.45) is 1.96. The lowest BCUT2D eigenvalue weighted by atomic mass is 10.0. The van der Waals surface area contributed by atoms with Gasteiger partial charge >= 0.3 is 0 Å². The van der Waals surface area contributed by atoms with Gasteiger partial charge < -0.3 is 9.47 Å². The predicted molar refractivity (Wildman–Crippen MR) is 101 cm³/mol. The van der Waals surface area contributed by atoms with Gasteiger partial charge in [0.1, 0.15) is 0 Å². The number of hydrogen-bond acceptors (Lipinski definition) is 4. The average molecular weight is 355 g/mol. The second-order valence-corrected chi connectivity index (χ2v) is 7.31.